The van der Waals surface area contributed by atoms with Gasteiger partial charge in [0, 0.05) is 49.7 Å². The second-order valence-electron chi connectivity index (χ2n) is 12.2. The van der Waals surface area contributed by atoms with Crippen LogP contribution < -0.4 is 9.30 Å². The van der Waals surface area contributed by atoms with E-state index in [1.54, 1.807) is 0 Å². The van der Waals surface area contributed by atoms with Crippen molar-refractivity contribution in [3.63, 3.8) is 0 Å². The van der Waals surface area contributed by atoms with Crippen LogP contribution in [0, 0.1) is 18.5 Å². The Bertz CT molecular complexity index is 2470. The van der Waals surface area contributed by atoms with Crippen LogP contribution in [0.4, 0.5) is 0 Å². The standard InChI is InChI=1S/C40H28N4O.Pt/c1-40(2)33-15-6-4-13-29(33)32-23-39(41-24-34(32)40)44-35-16-7-5-14-30(35)31-20-19-28(22-38(31)44)45-27-12-10-11-26(21-27)43-25-42(3)36-17-8-9-18-37(36)43;/h4-20,23-24H,1-3H3;/q-2;. The molecule has 8 aromatic rings. The summed E-state index contributed by atoms with van der Waals surface area (Å²) in [5, 5.41) is 2.24. The maximum absolute atomic E-state index is 6.42. The summed E-state index contributed by atoms with van der Waals surface area (Å²) in [7, 11) is 2.00. The Kier molecular flexibility index (Phi) is 6.52. The number of nitrogens with zero attached hydrogens (tertiary/aromatic N) is 4. The summed E-state index contributed by atoms with van der Waals surface area (Å²) in [5.74, 6) is 2.07. The Labute approximate surface area is 281 Å². The topological polar surface area (TPSA) is 35.9 Å². The normalized spacial score (nSPS) is 13.1. The van der Waals surface area contributed by atoms with Gasteiger partial charge in [0.2, 0.25) is 6.33 Å². The molecule has 3 aromatic heterocycles. The molecule has 0 bridgehead atoms. The van der Waals surface area contributed by atoms with Gasteiger partial charge in [-0.05, 0) is 39.8 Å². The third-order valence-electron chi connectivity index (χ3n) is 9.19. The fraction of sp³-hybridized carbons (Fsp3) is 0.100. The number of pyridine rings is 1. The van der Waals surface area contributed by atoms with Gasteiger partial charge in [0.25, 0.3) is 0 Å². The SMILES string of the molecule is C[n+]1[c-]n(-c2[c-]c(Oc3[c-]c4c(cc3)c3ccccc3n4-c3cc4c(cn3)C(C)(C)c3ccccc3-4)ccc2)c2ccccc21.[Pt]. The molecule has 0 N–H and O–H groups in total. The van der Waals surface area contributed by atoms with Gasteiger partial charge in [-0.25, -0.2) is 4.98 Å². The van der Waals surface area contributed by atoms with E-state index in [0.717, 1.165) is 44.3 Å². The van der Waals surface area contributed by atoms with Crippen molar-refractivity contribution in [2.45, 2.75) is 19.3 Å². The molecule has 46 heavy (non-hydrogen) atoms. The summed E-state index contributed by atoms with van der Waals surface area (Å²) < 4.78 is 12.6. The second kappa shape index (κ2) is 10.5. The minimum absolute atomic E-state index is 0. The van der Waals surface area contributed by atoms with Crippen LogP contribution in [0.2, 0.25) is 0 Å². The van der Waals surface area contributed by atoms with Crippen molar-refractivity contribution in [3.8, 4) is 34.1 Å². The fourth-order valence-corrected chi connectivity index (χ4v) is 6.99. The molecule has 3 heterocycles. The van der Waals surface area contributed by atoms with Crippen molar-refractivity contribution in [1.82, 2.24) is 14.1 Å². The van der Waals surface area contributed by atoms with Crippen molar-refractivity contribution in [1.29, 1.82) is 0 Å². The smallest absolute Gasteiger partial charge is 0.242 e. The molecule has 0 aliphatic heterocycles. The van der Waals surface area contributed by atoms with Crippen LogP contribution in [-0.2, 0) is 33.5 Å². The van der Waals surface area contributed by atoms with Gasteiger partial charge < -0.3 is 18.4 Å². The largest absolute Gasteiger partial charge is 0.510 e. The molecule has 226 valence electrons. The predicted octanol–water partition coefficient (Wildman–Crippen LogP) is 8.44. The summed E-state index contributed by atoms with van der Waals surface area (Å²) in [6, 6.07) is 44.6. The molecular weight excluding hydrogens is 748 g/mol. The van der Waals surface area contributed by atoms with Crippen LogP contribution >= 0.6 is 0 Å². The predicted molar refractivity (Wildman–Crippen MR) is 177 cm³/mol. The number of hydrogen-bond acceptors (Lipinski definition) is 2. The van der Waals surface area contributed by atoms with E-state index < -0.39 is 0 Å². The molecule has 5 nitrogen and oxygen atoms in total. The van der Waals surface area contributed by atoms with E-state index in [4.69, 9.17) is 9.72 Å². The monoisotopic (exact) mass is 775 g/mol. The number of imidazole rings is 1. The van der Waals surface area contributed by atoms with E-state index in [1.165, 1.54) is 22.3 Å². The third-order valence-corrected chi connectivity index (χ3v) is 9.19. The molecule has 0 fully saturated rings. The molecule has 0 atom stereocenters. The maximum Gasteiger partial charge on any atom is 0.242 e. The Balaban J connectivity index is 0.00000312. The van der Waals surface area contributed by atoms with E-state index in [9.17, 15) is 0 Å². The van der Waals surface area contributed by atoms with E-state index >= 15 is 0 Å². The number of aromatic nitrogens is 4. The molecule has 6 heteroatoms. The Morgan fingerprint density at radius 3 is 2.37 bits per heavy atom. The Hall–Kier alpha value is -4.99. The van der Waals surface area contributed by atoms with Crippen molar-refractivity contribution >= 4 is 32.8 Å². The van der Waals surface area contributed by atoms with Gasteiger partial charge >= 0.3 is 0 Å². The quantitative estimate of drug-likeness (QED) is 0.133. The van der Waals surface area contributed by atoms with Crippen LogP contribution in [-0.4, -0.2) is 14.1 Å². The maximum atomic E-state index is 6.42. The number of rotatable bonds is 4. The van der Waals surface area contributed by atoms with E-state index in [1.807, 2.05) is 58.8 Å². The average Bonchev–Trinajstić information content (AvgIpc) is 3.66. The van der Waals surface area contributed by atoms with Crippen molar-refractivity contribution in [2.24, 2.45) is 7.05 Å². The number of benzene rings is 5. The van der Waals surface area contributed by atoms with Crippen molar-refractivity contribution in [3.05, 3.63) is 145 Å². The van der Waals surface area contributed by atoms with Gasteiger partial charge in [0.15, 0.2) is 0 Å². The van der Waals surface area contributed by atoms with Crippen molar-refractivity contribution in [2.75, 3.05) is 0 Å². The first kappa shape index (κ1) is 28.5. The molecule has 0 saturated carbocycles. The molecule has 5 aromatic carbocycles. The van der Waals surface area contributed by atoms with Crippen LogP contribution in [0.25, 0.3) is 55.5 Å². The summed E-state index contributed by atoms with van der Waals surface area (Å²) in [4.78, 5) is 5.05. The fourth-order valence-electron chi connectivity index (χ4n) is 6.99. The molecular formula is C40H28N4OPt-2. The zero-order valence-electron chi connectivity index (χ0n) is 25.5. The molecule has 0 saturated heterocycles. The zero-order chi connectivity index (χ0) is 30.3. The van der Waals surface area contributed by atoms with Gasteiger partial charge in [0.1, 0.15) is 5.82 Å². The summed E-state index contributed by atoms with van der Waals surface area (Å²) in [5.41, 5.74) is 9.98. The number of fused-ring (bicyclic) bond motifs is 7. The number of para-hydroxylation sites is 3. The van der Waals surface area contributed by atoms with Crippen LogP contribution in [0.15, 0.2) is 115 Å². The first-order chi connectivity index (χ1) is 22.0. The average molecular weight is 776 g/mol. The summed E-state index contributed by atoms with van der Waals surface area (Å²) >= 11 is 0. The van der Waals surface area contributed by atoms with Crippen molar-refractivity contribution < 1.29 is 30.4 Å². The molecule has 0 amide bonds. The van der Waals surface area contributed by atoms with Crippen LogP contribution in [0.3, 0.4) is 0 Å². The van der Waals surface area contributed by atoms with Gasteiger partial charge in [-0.1, -0.05) is 91.8 Å². The minimum atomic E-state index is -0.0987. The first-order valence-electron chi connectivity index (χ1n) is 15.1. The van der Waals surface area contributed by atoms with Gasteiger partial charge in [-0.2, -0.15) is 18.2 Å². The third kappa shape index (κ3) is 4.19. The number of hydrogen-bond donors (Lipinski definition) is 0. The van der Waals surface area contributed by atoms with Crippen LogP contribution in [0.1, 0.15) is 25.0 Å². The van der Waals surface area contributed by atoms with E-state index in [2.05, 4.69) is 110 Å². The molecule has 0 radical (unpaired) electrons. The van der Waals surface area contributed by atoms with Crippen LogP contribution in [0.5, 0.6) is 11.5 Å². The zero-order valence-corrected chi connectivity index (χ0v) is 27.8. The molecule has 9 rings (SSSR count). The Morgan fingerprint density at radius 2 is 1.48 bits per heavy atom. The van der Waals surface area contributed by atoms with Gasteiger partial charge in [-0.3, -0.25) is 0 Å². The minimum Gasteiger partial charge on any atom is -0.510 e. The number of aryl methyl sites for hydroxylation is 1. The molecule has 0 unspecified atom stereocenters. The second-order valence-corrected chi connectivity index (χ2v) is 12.2. The summed E-state index contributed by atoms with van der Waals surface area (Å²) in [6.45, 7) is 4.55. The van der Waals surface area contributed by atoms with E-state index in [-0.39, 0.29) is 26.5 Å². The molecule has 0 spiro atoms. The Morgan fingerprint density at radius 1 is 0.717 bits per heavy atom. The first-order valence-corrected chi connectivity index (χ1v) is 15.1. The van der Waals surface area contributed by atoms with E-state index in [0.29, 0.717) is 11.5 Å². The number of ether oxygens (including phenoxy) is 1. The molecule has 1 aliphatic carbocycles. The summed E-state index contributed by atoms with van der Waals surface area (Å²) in [6.07, 6.45) is 5.43. The molecule has 1 aliphatic rings. The van der Waals surface area contributed by atoms with Gasteiger partial charge in [-0.15, -0.1) is 29.7 Å². The van der Waals surface area contributed by atoms with Gasteiger partial charge in [0.05, 0.1) is 18.1 Å².